The number of nitrogens with zero attached hydrogens (tertiary/aromatic N) is 5. The van der Waals surface area contributed by atoms with Crippen molar-refractivity contribution in [2.75, 3.05) is 18.9 Å². The number of aryl methyl sites for hydroxylation is 1. The Kier molecular flexibility index (Phi) is 5.29. The molecule has 31 heavy (non-hydrogen) atoms. The minimum atomic E-state index is -0.706. The number of nitriles is 1. The van der Waals surface area contributed by atoms with Crippen LogP contribution >= 0.6 is 11.6 Å². The number of benzene rings is 1. The Morgan fingerprint density at radius 1 is 1.52 bits per heavy atom. The molecule has 10 nitrogen and oxygen atoms in total. The maximum absolute atomic E-state index is 11.7. The first-order chi connectivity index (χ1) is 14.9. The summed E-state index contributed by atoms with van der Waals surface area (Å²) in [6, 6.07) is 3.40. The second-order valence-electron chi connectivity index (χ2n) is 7.05. The van der Waals surface area contributed by atoms with Crippen LogP contribution in [0.1, 0.15) is 48.4 Å². The molecular weight excluding hydrogens is 422 g/mol. The van der Waals surface area contributed by atoms with Gasteiger partial charge in [-0.05, 0) is 26.8 Å². The molecule has 2 aromatic heterocycles. The molecule has 1 fully saturated rings. The van der Waals surface area contributed by atoms with Gasteiger partial charge in [0, 0.05) is 5.56 Å². The summed E-state index contributed by atoms with van der Waals surface area (Å²) in [6.45, 7) is 6.11. The van der Waals surface area contributed by atoms with Gasteiger partial charge in [0.2, 0.25) is 0 Å². The number of nitrogens with two attached hydrogens (primary N) is 1. The predicted molar refractivity (Wildman–Crippen MR) is 113 cm³/mol. The molecule has 0 bridgehead atoms. The molecule has 160 valence electrons. The molecule has 3 heterocycles. The van der Waals surface area contributed by atoms with E-state index in [9.17, 15) is 10.1 Å². The number of anilines is 1. The summed E-state index contributed by atoms with van der Waals surface area (Å²) in [5.74, 6) is 0.772. The van der Waals surface area contributed by atoms with Crippen molar-refractivity contribution < 1.29 is 14.3 Å². The number of hydrogen-bond donors (Lipinski definition) is 2. The molecule has 3 aromatic rings. The van der Waals surface area contributed by atoms with E-state index in [2.05, 4.69) is 26.5 Å². The van der Waals surface area contributed by atoms with Crippen molar-refractivity contribution in [3.05, 3.63) is 39.8 Å². The number of ether oxygens (including phenoxy) is 2. The molecule has 0 aliphatic carbocycles. The van der Waals surface area contributed by atoms with Crippen LogP contribution < -0.4 is 15.8 Å². The molecular formula is C20H20ClN7O3. The number of hydrogen-bond acceptors (Lipinski definition) is 8. The lowest BCUT2D eigenvalue weighted by molar-refractivity contribution is 0.138. The van der Waals surface area contributed by atoms with Crippen molar-refractivity contribution in [1.29, 1.82) is 5.26 Å². The van der Waals surface area contributed by atoms with Crippen LogP contribution in [0.2, 0.25) is 5.02 Å². The number of amides is 1. The largest absolute Gasteiger partial charge is 0.493 e. The summed E-state index contributed by atoms with van der Waals surface area (Å²) in [6.07, 6.45) is 0.112. The van der Waals surface area contributed by atoms with Crippen molar-refractivity contribution in [3.8, 4) is 11.8 Å². The fraction of sp³-hybridized carbons (Fsp3) is 0.350. The third-order valence-electron chi connectivity index (χ3n) is 5.21. The molecule has 1 aliphatic rings. The van der Waals surface area contributed by atoms with Crippen LogP contribution in [0.5, 0.6) is 5.75 Å². The van der Waals surface area contributed by atoms with Gasteiger partial charge in [-0.2, -0.15) is 10.4 Å². The Hall–Kier alpha value is -3.58. The quantitative estimate of drug-likeness (QED) is 0.615. The van der Waals surface area contributed by atoms with Crippen molar-refractivity contribution in [2.24, 2.45) is 0 Å². The summed E-state index contributed by atoms with van der Waals surface area (Å²) in [4.78, 5) is 20.1. The highest BCUT2D eigenvalue weighted by molar-refractivity contribution is 6.32. The van der Waals surface area contributed by atoms with E-state index in [4.69, 9.17) is 26.8 Å². The number of alkyl carbamates (subject to hydrolysis) is 1. The minimum Gasteiger partial charge on any atom is -0.493 e. The molecule has 2 atom stereocenters. The second-order valence-corrected chi connectivity index (χ2v) is 7.46. The Morgan fingerprint density at radius 2 is 2.29 bits per heavy atom. The van der Waals surface area contributed by atoms with E-state index < -0.39 is 12.2 Å². The number of cyclic esters (lactones) is 1. The molecule has 3 N–H and O–H groups in total. The van der Waals surface area contributed by atoms with Crippen LogP contribution in [0.15, 0.2) is 12.4 Å². The van der Waals surface area contributed by atoms with E-state index in [1.807, 2.05) is 20.8 Å². The number of aromatic nitrogens is 4. The number of carbonyl (C=O) groups is 1. The lowest BCUT2D eigenvalue weighted by Crippen LogP contribution is -2.16. The van der Waals surface area contributed by atoms with Crippen molar-refractivity contribution in [1.82, 2.24) is 25.1 Å². The van der Waals surface area contributed by atoms with Gasteiger partial charge in [-0.15, -0.1) is 0 Å². The second kappa shape index (κ2) is 7.92. The lowest BCUT2D eigenvalue weighted by atomic mass is 9.95. The van der Waals surface area contributed by atoms with E-state index in [0.29, 0.717) is 46.0 Å². The van der Waals surface area contributed by atoms with Gasteiger partial charge in [0.25, 0.3) is 0 Å². The topological polar surface area (TPSA) is 141 Å². The van der Waals surface area contributed by atoms with E-state index in [1.165, 1.54) is 6.33 Å². The molecule has 0 saturated carbocycles. The number of carbonyl (C=O) groups excluding carboxylic acids is 1. The molecule has 11 heteroatoms. The van der Waals surface area contributed by atoms with Gasteiger partial charge in [-0.1, -0.05) is 11.6 Å². The summed E-state index contributed by atoms with van der Waals surface area (Å²) >= 11 is 6.49. The summed E-state index contributed by atoms with van der Waals surface area (Å²) in [7, 11) is 0. The molecule has 0 spiro atoms. The van der Waals surface area contributed by atoms with Crippen LogP contribution in [0.4, 0.5) is 10.6 Å². The number of nitrogen functional groups attached to an aromatic ring is 1. The number of nitrogens with one attached hydrogen (secondary N) is 1. The van der Waals surface area contributed by atoms with Crippen LogP contribution in [0.3, 0.4) is 0 Å². The van der Waals surface area contributed by atoms with Gasteiger partial charge in [0.1, 0.15) is 24.0 Å². The van der Waals surface area contributed by atoms with Gasteiger partial charge >= 0.3 is 6.09 Å². The molecule has 1 aliphatic heterocycles. The maximum Gasteiger partial charge on any atom is 0.407 e. The fourth-order valence-corrected chi connectivity index (χ4v) is 4.09. The standard InChI is InChI=1S/C20H20ClN7O3/c1-4-30-17-11(5-13(21)12(6-22)16(17)14-7-24-20(29)31-14)10(3)28-19-15(9(2)27-28)18(23)25-8-26-19/h5,8,10,14H,4,7H2,1-3H3,(H,24,29)(H2,23,25,26)/t10-,14?/m1/s1. The predicted octanol–water partition coefficient (Wildman–Crippen LogP) is 3.03. The number of rotatable bonds is 5. The zero-order valence-corrected chi connectivity index (χ0v) is 17.9. The lowest BCUT2D eigenvalue weighted by Gasteiger charge is -2.23. The fourth-order valence-electron chi connectivity index (χ4n) is 3.83. The average Bonchev–Trinajstić information content (AvgIpc) is 3.32. The van der Waals surface area contributed by atoms with Crippen LogP contribution in [-0.2, 0) is 4.74 Å². The normalized spacial score (nSPS) is 16.6. The minimum absolute atomic E-state index is 0.204. The Bertz CT molecular complexity index is 1230. The van der Waals surface area contributed by atoms with E-state index in [0.717, 1.165) is 0 Å². The highest BCUT2D eigenvalue weighted by atomic mass is 35.5. The SMILES string of the molecule is CCOc1c([C@@H](C)n2nc(C)c3c(N)ncnc32)cc(Cl)c(C#N)c1C1CNC(=O)O1. The molecule has 1 aromatic carbocycles. The molecule has 0 radical (unpaired) electrons. The Balaban J connectivity index is 1.95. The number of fused-ring (bicyclic) bond motifs is 1. The van der Waals surface area contributed by atoms with Gasteiger partial charge in [0.15, 0.2) is 11.8 Å². The summed E-state index contributed by atoms with van der Waals surface area (Å²) < 4.78 is 13.0. The molecule has 4 rings (SSSR count). The maximum atomic E-state index is 11.7. The van der Waals surface area contributed by atoms with Crippen molar-refractivity contribution in [2.45, 2.75) is 32.9 Å². The Morgan fingerprint density at radius 3 is 2.94 bits per heavy atom. The first kappa shape index (κ1) is 20.7. The molecule has 1 saturated heterocycles. The van der Waals surface area contributed by atoms with E-state index in [-0.39, 0.29) is 23.2 Å². The highest BCUT2D eigenvalue weighted by Crippen LogP contribution is 2.43. The Labute approximate surface area is 182 Å². The van der Waals surface area contributed by atoms with Crippen molar-refractivity contribution in [3.63, 3.8) is 0 Å². The van der Waals surface area contributed by atoms with E-state index >= 15 is 0 Å². The summed E-state index contributed by atoms with van der Waals surface area (Å²) in [5, 5.41) is 17.9. The average molecular weight is 442 g/mol. The third-order valence-corrected chi connectivity index (χ3v) is 5.51. The van der Waals surface area contributed by atoms with Gasteiger partial charge in [-0.3, -0.25) is 0 Å². The third kappa shape index (κ3) is 3.37. The zero-order valence-electron chi connectivity index (χ0n) is 17.1. The molecule has 1 unspecified atom stereocenters. The smallest absolute Gasteiger partial charge is 0.407 e. The monoisotopic (exact) mass is 441 g/mol. The van der Waals surface area contributed by atoms with Crippen molar-refractivity contribution >= 4 is 34.5 Å². The van der Waals surface area contributed by atoms with Gasteiger partial charge in [-0.25, -0.2) is 19.4 Å². The van der Waals surface area contributed by atoms with Gasteiger partial charge < -0.3 is 20.5 Å². The first-order valence-electron chi connectivity index (χ1n) is 9.66. The van der Waals surface area contributed by atoms with Gasteiger partial charge in [0.05, 0.1) is 46.4 Å². The molecule has 1 amide bonds. The zero-order chi connectivity index (χ0) is 22.3. The summed E-state index contributed by atoms with van der Waals surface area (Å²) in [5.41, 5.74) is 8.59. The van der Waals surface area contributed by atoms with Crippen LogP contribution in [0.25, 0.3) is 11.0 Å². The number of halogens is 1. The van der Waals surface area contributed by atoms with Crippen LogP contribution in [-0.4, -0.2) is 39.0 Å². The highest BCUT2D eigenvalue weighted by Gasteiger charge is 2.34. The van der Waals surface area contributed by atoms with Crippen LogP contribution in [0, 0.1) is 18.3 Å². The van der Waals surface area contributed by atoms with E-state index in [1.54, 1.807) is 10.7 Å². The first-order valence-corrected chi connectivity index (χ1v) is 10.0.